The van der Waals surface area contributed by atoms with Crippen LogP contribution in [-0.2, 0) is 6.54 Å². The maximum Gasteiger partial charge on any atom is 0.107 e. The predicted octanol–water partition coefficient (Wildman–Crippen LogP) is 3.69. The number of nitrogens with one attached hydrogen (secondary N) is 1. The van der Waals surface area contributed by atoms with Crippen molar-refractivity contribution >= 4 is 11.3 Å². The molecule has 2 rings (SSSR count). The van der Waals surface area contributed by atoms with Gasteiger partial charge in [-0.25, -0.2) is 4.98 Å². The molecule has 0 spiro atoms. The van der Waals surface area contributed by atoms with Crippen molar-refractivity contribution in [1.82, 2.24) is 15.2 Å². The molecule has 1 N–H and O–H groups in total. The number of thiazole rings is 1. The Labute approximate surface area is 134 Å². The van der Waals surface area contributed by atoms with Gasteiger partial charge in [-0.2, -0.15) is 0 Å². The summed E-state index contributed by atoms with van der Waals surface area (Å²) in [6.45, 7) is 14.7. The van der Waals surface area contributed by atoms with Crippen molar-refractivity contribution in [1.29, 1.82) is 0 Å². The van der Waals surface area contributed by atoms with E-state index in [4.69, 9.17) is 0 Å². The van der Waals surface area contributed by atoms with E-state index in [1.54, 1.807) is 11.3 Å². The second-order valence-corrected chi connectivity index (χ2v) is 7.94. The van der Waals surface area contributed by atoms with Crippen LogP contribution in [-0.4, -0.2) is 35.1 Å². The third kappa shape index (κ3) is 4.76. The summed E-state index contributed by atoms with van der Waals surface area (Å²) in [5, 5.41) is 7.22. The fourth-order valence-corrected chi connectivity index (χ4v) is 4.09. The van der Waals surface area contributed by atoms with Crippen LogP contribution in [0.25, 0.3) is 0 Å². The average molecular weight is 310 g/mol. The topological polar surface area (TPSA) is 28.2 Å². The lowest BCUT2D eigenvalue weighted by molar-refractivity contribution is 0.0786. The lowest BCUT2D eigenvalue weighted by Crippen LogP contribution is -2.58. The Bertz CT molecular complexity index is 429. The van der Waals surface area contributed by atoms with E-state index in [1.807, 2.05) is 0 Å². The summed E-state index contributed by atoms with van der Waals surface area (Å²) < 4.78 is 0. The van der Waals surface area contributed by atoms with Gasteiger partial charge in [-0.05, 0) is 25.2 Å². The van der Waals surface area contributed by atoms with E-state index < -0.39 is 0 Å². The minimum atomic E-state index is 0.631. The first kappa shape index (κ1) is 16.9. The molecule has 1 aliphatic heterocycles. The highest BCUT2D eigenvalue weighted by molar-refractivity contribution is 7.09. The molecule has 0 radical (unpaired) electrons. The monoisotopic (exact) mass is 309 g/mol. The standard InChI is InChI=1S/C17H31N3S/c1-6-13(4)16-8-18-15(7-12(2)3)9-20(16)10-17-19-14(5)11-21-17/h11-13,15-16,18H,6-10H2,1-5H3. The zero-order valence-corrected chi connectivity index (χ0v) is 15.0. The highest BCUT2D eigenvalue weighted by atomic mass is 32.1. The third-order valence-corrected chi connectivity index (χ3v) is 5.55. The molecule has 21 heavy (non-hydrogen) atoms. The summed E-state index contributed by atoms with van der Waals surface area (Å²) in [5.74, 6) is 1.49. The fourth-order valence-electron chi connectivity index (χ4n) is 3.29. The fraction of sp³-hybridized carbons (Fsp3) is 0.824. The molecule has 3 atom stereocenters. The number of hydrogen-bond acceptors (Lipinski definition) is 4. The van der Waals surface area contributed by atoms with Gasteiger partial charge in [0.1, 0.15) is 5.01 Å². The molecule has 1 aromatic heterocycles. The van der Waals surface area contributed by atoms with Crippen LogP contribution in [0.1, 0.15) is 51.2 Å². The molecular weight excluding hydrogens is 278 g/mol. The Balaban J connectivity index is 2.04. The van der Waals surface area contributed by atoms with Gasteiger partial charge >= 0.3 is 0 Å². The number of hydrogen-bond donors (Lipinski definition) is 1. The Morgan fingerprint density at radius 2 is 2.19 bits per heavy atom. The van der Waals surface area contributed by atoms with Crippen LogP contribution < -0.4 is 5.32 Å². The summed E-state index contributed by atoms with van der Waals surface area (Å²) in [4.78, 5) is 7.34. The van der Waals surface area contributed by atoms with Gasteiger partial charge in [0, 0.05) is 36.2 Å². The molecule has 1 fully saturated rings. The normalized spacial score (nSPS) is 25.4. The zero-order chi connectivity index (χ0) is 15.4. The molecule has 3 nitrogen and oxygen atoms in total. The number of piperazine rings is 1. The van der Waals surface area contributed by atoms with E-state index in [9.17, 15) is 0 Å². The first-order valence-electron chi connectivity index (χ1n) is 8.38. The van der Waals surface area contributed by atoms with Crippen molar-refractivity contribution in [2.24, 2.45) is 11.8 Å². The molecular formula is C17H31N3S. The lowest BCUT2D eigenvalue weighted by atomic mass is 9.92. The van der Waals surface area contributed by atoms with E-state index in [0.717, 1.165) is 37.2 Å². The van der Waals surface area contributed by atoms with Crippen LogP contribution in [0.3, 0.4) is 0 Å². The first-order valence-corrected chi connectivity index (χ1v) is 9.26. The maximum atomic E-state index is 4.67. The average Bonchev–Trinajstić information content (AvgIpc) is 2.83. The van der Waals surface area contributed by atoms with Crippen LogP contribution in [0, 0.1) is 18.8 Å². The second kappa shape index (κ2) is 7.70. The largest absolute Gasteiger partial charge is 0.311 e. The van der Waals surface area contributed by atoms with Gasteiger partial charge in [0.05, 0.1) is 6.54 Å². The minimum Gasteiger partial charge on any atom is -0.311 e. The second-order valence-electron chi connectivity index (χ2n) is 7.00. The van der Waals surface area contributed by atoms with Gasteiger partial charge < -0.3 is 5.32 Å². The molecule has 120 valence electrons. The van der Waals surface area contributed by atoms with Crippen LogP contribution >= 0.6 is 11.3 Å². The molecule has 0 bridgehead atoms. The molecule has 0 aliphatic carbocycles. The third-order valence-electron chi connectivity index (χ3n) is 4.60. The SMILES string of the molecule is CCC(C)C1CNC(CC(C)C)CN1Cc1nc(C)cs1. The molecule has 0 saturated carbocycles. The van der Waals surface area contributed by atoms with E-state index in [0.29, 0.717) is 12.1 Å². The quantitative estimate of drug-likeness (QED) is 0.869. The Morgan fingerprint density at radius 1 is 1.43 bits per heavy atom. The molecule has 0 amide bonds. The first-order chi connectivity index (χ1) is 9.99. The highest BCUT2D eigenvalue weighted by Gasteiger charge is 2.31. The molecule has 3 unspecified atom stereocenters. The van der Waals surface area contributed by atoms with Crippen molar-refractivity contribution in [3.05, 3.63) is 16.1 Å². The van der Waals surface area contributed by atoms with E-state index in [2.05, 4.69) is 55.2 Å². The van der Waals surface area contributed by atoms with Crippen LogP contribution in [0.5, 0.6) is 0 Å². The highest BCUT2D eigenvalue weighted by Crippen LogP contribution is 2.23. The van der Waals surface area contributed by atoms with Crippen LogP contribution in [0.15, 0.2) is 5.38 Å². The van der Waals surface area contributed by atoms with Crippen LogP contribution in [0.4, 0.5) is 0 Å². The molecule has 2 heterocycles. The van der Waals surface area contributed by atoms with Gasteiger partial charge in [0.15, 0.2) is 0 Å². The van der Waals surface area contributed by atoms with Crippen LogP contribution in [0.2, 0.25) is 0 Å². The van der Waals surface area contributed by atoms with Gasteiger partial charge in [-0.3, -0.25) is 4.90 Å². The van der Waals surface area contributed by atoms with Gasteiger partial charge in [-0.1, -0.05) is 34.1 Å². The van der Waals surface area contributed by atoms with E-state index in [-0.39, 0.29) is 0 Å². The van der Waals surface area contributed by atoms with Crippen molar-refractivity contribution in [3.8, 4) is 0 Å². The molecule has 4 heteroatoms. The Morgan fingerprint density at radius 3 is 2.76 bits per heavy atom. The van der Waals surface area contributed by atoms with E-state index in [1.165, 1.54) is 17.8 Å². The maximum absolute atomic E-state index is 4.67. The summed E-state index contributed by atoms with van der Waals surface area (Å²) in [6.07, 6.45) is 2.51. The summed E-state index contributed by atoms with van der Waals surface area (Å²) in [7, 11) is 0. The number of nitrogens with zero attached hydrogens (tertiary/aromatic N) is 2. The minimum absolute atomic E-state index is 0.631. The summed E-state index contributed by atoms with van der Waals surface area (Å²) in [5.41, 5.74) is 1.16. The Hall–Kier alpha value is -0.450. The molecule has 1 aliphatic rings. The number of aryl methyl sites for hydroxylation is 1. The summed E-state index contributed by atoms with van der Waals surface area (Å²) >= 11 is 1.81. The van der Waals surface area contributed by atoms with Crippen molar-refractivity contribution in [2.45, 2.75) is 66.1 Å². The number of rotatable bonds is 6. The predicted molar refractivity (Wildman–Crippen MR) is 91.7 cm³/mol. The van der Waals surface area contributed by atoms with E-state index >= 15 is 0 Å². The van der Waals surface area contributed by atoms with Crippen molar-refractivity contribution in [3.63, 3.8) is 0 Å². The molecule has 1 saturated heterocycles. The van der Waals surface area contributed by atoms with Gasteiger partial charge in [-0.15, -0.1) is 11.3 Å². The number of aromatic nitrogens is 1. The molecule has 0 aromatic carbocycles. The van der Waals surface area contributed by atoms with Crippen molar-refractivity contribution in [2.75, 3.05) is 13.1 Å². The zero-order valence-electron chi connectivity index (χ0n) is 14.2. The lowest BCUT2D eigenvalue weighted by Gasteiger charge is -2.43. The smallest absolute Gasteiger partial charge is 0.107 e. The molecule has 1 aromatic rings. The Kier molecular flexibility index (Phi) is 6.20. The summed E-state index contributed by atoms with van der Waals surface area (Å²) in [6, 6.07) is 1.27. The van der Waals surface area contributed by atoms with Crippen molar-refractivity contribution < 1.29 is 0 Å². The van der Waals surface area contributed by atoms with Gasteiger partial charge in [0.2, 0.25) is 0 Å². The van der Waals surface area contributed by atoms with Gasteiger partial charge in [0.25, 0.3) is 0 Å².